The normalized spacial score (nSPS) is 13.0. The van der Waals surface area contributed by atoms with Crippen LogP contribution in [0.4, 0.5) is 0 Å². The zero-order valence-corrected chi connectivity index (χ0v) is 12.4. The maximum Gasteiger partial charge on any atom is 0.326 e. The van der Waals surface area contributed by atoms with E-state index in [1.165, 1.54) is 7.11 Å². The maximum absolute atomic E-state index is 12.2. The summed E-state index contributed by atoms with van der Waals surface area (Å²) in [6, 6.07) is 7.27. The van der Waals surface area contributed by atoms with Crippen LogP contribution in [0.3, 0.4) is 0 Å². The van der Waals surface area contributed by atoms with Gasteiger partial charge >= 0.3 is 11.9 Å². The molecule has 0 bridgehead atoms. The number of carboxylic acids is 1. The van der Waals surface area contributed by atoms with Gasteiger partial charge in [0.05, 0.1) is 13.0 Å². The van der Waals surface area contributed by atoms with E-state index in [1.807, 2.05) is 0 Å². The van der Waals surface area contributed by atoms with E-state index < -0.39 is 36.4 Å². The Morgan fingerprint density at radius 1 is 1.23 bits per heavy atom. The molecule has 22 heavy (non-hydrogen) atoms. The van der Waals surface area contributed by atoms with Gasteiger partial charge in [0.25, 0.3) is 5.91 Å². The van der Waals surface area contributed by atoms with Crippen LogP contribution in [0.5, 0.6) is 0 Å². The molecule has 1 amide bonds. The maximum atomic E-state index is 12.2. The van der Waals surface area contributed by atoms with Gasteiger partial charge in [-0.3, -0.25) is 9.59 Å². The second-order valence-electron chi connectivity index (χ2n) is 4.43. The molecule has 0 aliphatic rings. The summed E-state index contributed by atoms with van der Waals surface area (Å²) >= 11 is 0. The highest BCUT2D eigenvalue weighted by Crippen LogP contribution is 2.16. The Bertz CT molecular complexity index is 516. The zero-order chi connectivity index (χ0) is 16.5. The lowest BCUT2D eigenvalue weighted by Crippen LogP contribution is -2.44. The first-order valence-electron chi connectivity index (χ1n) is 6.76. The van der Waals surface area contributed by atoms with Gasteiger partial charge < -0.3 is 19.9 Å². The average Bonchev–Trinajstić information content (AvgIpc) is 2.48. The molecule has 0 aliphatic heterocycles. The van der Waals surface area contributed by atoms with E-state index in [1.54, 1.807) is 37.3 Å². The highest BCUT2D eigenvalue weighted by molar-refractivity contribution is 5.89. The van der Waals surface area contributed by atoms with Crippen molar-refractivity contribution in [2.75, 3.05) is 13.7 Å². The minimum absolute atomic E-state index is 0.143. The van der Waals surface area contributed by atoms with Crippen molar-refractivity contribution in [3.8, 4) is 0 Å². The van der Waals surface area contributed by atoms with Crippen LogP contribution in [-0.4, -0.2) is 42.7 Å². The van der Waals surface area contributed by atoms with Crippen molar-refractivity contribution in [3.05, 3.63) is 35.9 Å². The minimum atomic E-state index is -1.37. The number of hydrogen-bond acceptors (Lipinski definition) is 5. The molecule has 0 spiro atoms. The van der Waals surface area contributed by atoms with E-state index in [9.17, 15) is 14.4 Å². The van der Waals surface area contributed by atoms with Crippen LogP contribution in [0, 0.1) is 0 Å². The van der Waals surface area contributed by atoms with Gasteiger partial charge in [0.1, 0.15) is 6.04 Å². The van der Waals surface area contributed by atoms with Gasteiger partial charge in [-0.2, -0.15) is 0 Å². The van der Waals surface area contributed by atoms with Gasteiger partial charge in [0, 0.05) is 7.11 Å². The summed E-state index contributed by atoms with van der Waals surface area (Å²) in [6.07, 6.45) is -1.40. The summed E-state index contributed by atoms with van der Waals surface area (Å²) in [5, 5.41) is 11.4. The fourth-order valence-electron chi connectivity index (χ4n) is 1.86. The van der Waals surface area contributed by atoms with Crippen molar-refractivity contribution in [1.82, 2.24) is 5.32 Å². The number of carboxylic acid groups (broad SMARTS) is 1. The van der Waals surface area contributed by atoms with Crippen LogP contribution in [0.15, 0.2) is 30.3 Å². The van der Waals surface area contributed by atoms with Crippen LogP contribution in [0.25, 0.3) is 0 Å². The smallest absolute Gasteiger partial charge is 0.326 e. The molecule has 7 heteroatoms. The molecule has 7 nitrogen and oxygen atoms in total. The van der Waals surface area contributed by atoms with Crippen LogP contribution in [-0.2, 0) is 23.9 Å². The van der Waals surface area contributed by atoms with E-state index in [0.29, 0.717) is 5.56 Å². The SMILES string of the molecule is CCOC(=O)C[C@@H](NC(=O)[C@@H](OC)c1ccccc1)C(=O)O. The summed E-state index contributed by atoms with van der Waals surface area (Å²) in [5.41, 5.74) is 0.586. The number of methoxy groups -OCH3 is 1. The Morgan fingerprint density at radius 2 is 1.86 bits per heavy atom. The van der Waals surface area contributed by atoms with E-state index in [4.69, 9.17) is 14.6 Å². The molecule has 0 saturated heterocycles. The van der Waals surface area contributed by atoms with Crippen molar-refractivity contribution >= 4 is 17.8 Å². The summed E-state index contributed by atoms with van der Waals surface area (Å²) in [6.45, 7) is 1.76. The van der Waals surface area contributed by atoms with E-state index in [-0.39, 0.29) is 6.61 Å². The highest BCUT2D eigenvalue weighted by Gasteiger charge is 2.28. The molecule has 1 aromatic rings. The molecule has 2 N–H and O–H groups in total. The molecular formula is C15H19NO6. The monoisotopic (exact) mass is 309 g/mol. The van der Waals surface area contributed by atoms with Crippen molar-refractivity contribution in [2.24, 2.45) is 0 Å². The Kier molecular flexibility index (Phi) is 7.04. The Hall–Kier alpha value is -2.41. The van der Waals surface area contributed by atoms with Crippen molar-refractivity contribution in [2.45, 2.75) is 25.5 Å². The third kappa shape index (κ3) is 5.17. The molecule has 0 unspecified atom stereocenters. The molecule has 0 saturated carbocycles. The molecule has 0 radical (unpaired) electrons. The second-order valence-corrected chi connectivity index (χ2v) is 4.43. The van der Waals surface area contributed by atoms with Gasteiger partial charge in [0.2, 0.25) is 0 Å². The fourth-order valence-corrected chi connectivity index (χ4v) is 1.86. The van der Waals surface area contributed by atoms with Crippen molar-refractivity contribution in [3.63, 3.8) is 0 Å². The number of benzene rings is 1. The largest absolute Gasteiger partial charge is 0.480 e. The topological polar surface area (TPSA) is 102 Å². The van der Waals surface area contributed by atoms with Gasteiger partial charge in [-0.05, 0) is 12.5 Å². The molecule has 0 heterocycles. The standard InChI is InChI=1S/C15H19NO6/c1-3-22-12(17)9-11(15(19)20)16-14(18)13(21-2)10-7-5-4-6-8-10/h4-8,11,13H,3,9H2,1-2H3,(H,16,18)(H,19,20)/t11-,13+/m1/s1. The highest BCUT2D eigenvalue weighted by atomic mass is 16.5. The van der Waals surface area contributed by atoms with Gasteiger partial charge in [-0.15, -0.1) is 0 Å². The molecule has 2 atom stereocenters. The summed E-state index contributed by atoms with van der Waals surface area (Å²) in [4.78, 5) is 34.7. The molecule has 120 valence electrons. The van der Waals surface area contributed by atoms with Crippen LogP contribution in [0.2, 0.25) is 0 Å². The number of hydrogen-bond donors (Lipinski definition) is 2. The van der Waals surface area contributed by atoms with E-state index in [2.05, 4.69) is 5.32 Å². The van der Waals surface area contributed by atoms with Crippen LogP contribution in [0.1, 0.15) is 25.0 Å². The quantitative estimate of drug-likeness (QED) is 0.692. The van der Waals surface area contributed by atoms with Crippen LogP contribution < -0.4 is 5.32 Å². The molecule has 0 aliphatic carbocycles. The fraction of sp³-hybridized carbons (Fsp3) is 0.400. The first-order chi connectivity index (χ1) is 10.5. The number of rotatable bonds is 8. The number of carbonyl (C=O) groups is 3. The molecule has 0 aromatic heterocycles. The summed E-state index contributed by atoms with van der Waals surface area (Å²) in [7, 11) is 1.35. The van der Waals surface area contributed by atoms with E-state index in [0.717, 1.165) is 0 Å². The number of carbonyl (C=O) groups excluding carboxylic acids is 2. The number of amides is 1. The number of esters is 1. The third-order valence-corrected chi connectivity index (χ3v) is 2.87. The predicted octanol–water partition coefficient (Wildman–Crippen LogP) is 0.897. The average molecular weight is 309 g/mol. The van der Waals surface area contributed by atoms with E-state index >= 15 is 0 Å². The summed E-state index contributed by atoms with van der Waals surface area (Å²) < 4.78 is 9.80. The number of aliphatic carboxylic acids is 1. The summed E-state index contributed by atoms with van der Waals surface area (Å²) in [5.74, 6) is -2.64. The molecule has 1 rings (SSSR count). The Balaban J connectivity index is 2.77. The second kappa shape index (κ2) is 8.78. The minimum Gasteiger partial charge on any atom is -0.480 e. The van der Waals surface area contributed by atoms with Gasteiger partial charge in [0.15, 0.2) is 6.10 Å². The Labute approximate surface area is 128 Å². The lowest BCUT2D eigenvalue weighted by atomic mass is 10.1. The third-order valence-electron chi connectivity index (χ3n) is 2.87. The first-order valence-corrected chi connectivity index (χ1v) is 6.76. The Morgan fingerprint density at radius 3 is 2.36 bits per heavy atom. The van der Waals surface area contributed by atoms with Gasteiger partial charge in [-0.25, -0.2) is 4.79 Å². The number of nitrogens with one attached hydrogen (secondary N) is 1. The molecular weight excluding hydrogens is 290 g/mol. The lowest BCUT2D eigenvalue weighted by Gasteiger charge is -2.19. The molecule has 1 aromatic carbocycles. The lowest BCUT2D eigenvalue weighted by molar-refractivity contribution is -0.151. The number of ether oxygens (including phenoxy) is 2. The van der Waals surface area contributed by atoms with Crippen molar-refractivity contribution in [1.29, 1.82) is 0 Å². The zero-order valence-electron chi connectivity index (χ0n) is 12.4. The van der Waals surface area contributed by atoms with Gasteiger partial charge in [-0.1, -0.05) is 30.3 Å². The first kappa shape index (κ1) is 17.6. The predicted molar refractivity (Wildman–Crippen MR) is 77.0 cm³/mol. The molecule has 0 fully saturated rings. The van der Waals surface area contributed by atoms with Crippen molar-refractivity contribution < 1.29 is 29.0 Å². The van der Waals surface area contributed by atoms with Crippen LogP contribution >= 0.6 is 0 Å².